The Morgan fingerprint density at radius 1 is 1.46 bits per heavy atom. The van der Waals surface area contributed by atoms with E-state index in [1.807, 2.05) is 6.92 Å². The summed E-state index contributed by atoms with van der Waals surface area (Å²) in [5, 5.41) is -0.432. The van der Waals surface area contributed by atoms with Gasteiger partial charge < -0.3 is 0 Å². The van der Waals surface area contributed by atoms with E-state index in [-0.39, 0.29) is 6.54 Å². The Morgan fingerprint density at radius 3 is 2.38 bits per heavy atom. The van der Waals surface area contributed by atoms with Crippen molar-refractivity contribution >= 4 is 21.6 Å². The SMILES string of the molecule is CCCC(Cl)CNS(=O)(=O)C(F)F. The molecule has 13 heavy (non-hydrogen) atoms. The fraction of sp³-hybridized carbons (Fsp3) is 1.00. The van der Waals surface area contributed by atoms with Crippen molar-refractivity contribution < 1.29 is 17.2 Å². The molecule has 0 rings (SSSR count). The highest BCUT2D eigenvalue weighted by molar-refractivity contribution is 7.89. The van der Waals surface area contributed by atoms with Gasteiger partial charge in [-0.3, -0.25) is 0 Å². The van der Waals surface area contributed by atoms with Crippen molar-refractivity contribution in [1.82, 2.24) is 4.72 Å². The fourth-order valence-corrected chi connectivity index (χ4v) is 1.63. The molecule has 0 amide bonds. The summed E-state index contributed by atoms with van der Waals surface area (Å²) in [5.41, 5.74) is 0. The minimum atomic E-state index is -4.48. The molecule has 1 N–H and O–H groups in total. The van der Waals surface area contributed by atoms with Gasteiger partial charge in [-0.2, -0.15) is 8.78 Å². The summed E-state index contributed by atoms with van der Waals surface area (Å²) >= 11 is 5.62. The highest BCUT2D eigenvalue weighted by Gasteiger charge is 2.23. The average Bonchev–Trinajstić information content (AvgIpc) is 2.01. The van der Waals surface area contributed by atoms with Gasteiger partial charge >= 0.3 is 5.76 Å². The summed E-state index contributed by atoms with van der Waals surface area (Å²) in [4.78, 5) is 0. The van der Waals surface area contributed by atoms with Crippen LogP contribution in [0.15, 0.2) is 0 Å². The molecule has 0 saturated carbocycles. The predicted molar refractivity (Wildman–Crippen MR) is 47.5 cm³/mol. The zero-order valence-electron chi connectivity index (χ0n) is 7.13. The number of hydrogen-bond acceptors (Lipinski definition) is 2. The maximum Gasteiger partial charge on any atom is 0.350 e. The molecule has 0 radical (unpaired) electrons. The molecular formula is C6H12ClF2NO2S. The molecule has 0 bridgehead atoms. The fourth-order valence-electron chi connectivity index (χ4n) is 0.685. The lowest BCUT2D eigenvalue weighted by molar-refractivity contribution is 0.232. The Morgan fingerprint density at radius 2 is 2.00 bits per heavy atom. The summed E-state index contributed by atoms with van der Waals surface area (Å²) in [5.74, 6) is -3.39. The molecule has 0 aromatic carbocycles. The van der Waals surface area contributed by atoms with Crippen molar-refractivity contribution in [2.75, 3.05) is 6.54 Å². The van der Waals surface area contributed by atoms with E-state index >= 15 is 0 Å². The van der Waals surface area contributed by atoms with Crippen molar-refractivity contribution in [2.24, 2.45) is 0 Å². The van der Waals surface area contributed by atoms with Crippen LogP contribution < -0.4 is 4.72 Å². The third kappa shape index (κ3) is 5.38. The second-order valence-corrected chi connectivity index (χ2v) is 4.89. The largest absolute Gasteiger partial charge is 0.350 e. The van der Waals surface area contributed by atoms with Gasteiger partial charge in [0.25, 0.3) is 10.0 Å². The van der Waals surface area contributed by atoms with Gasteiger partial charge in [0.2, 0.25) is 0 Å². The summed E-state index contributed by atoms with van der Waals surface area (Å²) < 4.78 is 46.3. The Labute approximate surface area is 81.5 Å². The molecule has 0 heterocycles. The quantitative estimate of drug-likeness (QED) is 0.710. The minimum Gasteiger partial charge on any atom is -0.209 e. The molecule has 1 unspecified atom stereocenters. The Bertz CT molecular complexity index is 233. The number of sulfonamides is 1. The maximum absolute atomic E-state index is 11.8. The second-order valence-electron chi connectivity index (χ2n) is 2.54. The standard InChI is InChI=1S/C6H12ClF2NO2S/c1-2-3-5(7)4-10-13(11,12)6(8)9/h5-6,10H,2-4H2,1H3. The van der Waals surface area contributed by atoms with Crippen molar-refractivity contribution in [3.05, 3.63) is 0 Å². The second kappa shape index (κ2) is 5.72. The first kappa shape index (κ1) is 13.1. The molecule has 0 fully saturated rings. The number of alkyl halides is 3. The van der Waals surface area contributed by atoms with Crippen LogP contribution in [0.4, 0.5) is 8.78 Å². The predicted octanol–water partition coefficient (Wildman–Crippen LogP) is 1.54. The lowest BCUT2D eigenvalue weighted by Crippen LogP contribution is -2.33. The molecule has 7 heteroatoms. The van der Waals surface area contributed by atoms with Crippen LogP contribution in [-0.4, -0.2) is 26.1 Å². The minimum absolute atomic E-state index is 0.151. The molecule has 0 saturated heterocycles. The van der Waals surface area contributed by atoms with Crippen molar-refractivity contribution in [3.63, 3.8) is 0 Å². The molecule has 1 atom stereocenters. The van der Waals surface area contributed by atoms with Crippen LogP contribution in [0, 0.1) is 0 Å². The number of nitrogens with one attached hydrogen (secondary N) is 1. The number of halogens is 3. The van der Waals surface area contributed by atoms with Crippen LogP contribution in [-0.2, 0) is 10.0 Å². The molecular weight excluding hydrogens is 224 g/mol. The molecule has 0 aliphatic carbocycles. The van der Waals surface area contributed by atoms with Crippen LogP contribution in [0.2, 0.25) is 0 Å². The number of rotatable bonds is 6. The monoisotopic (exact) mass is 235 g/mol. The first-order valence-corrected chi connectivity index (χ1v) is 5.79. The van der Waals surface area contributed by atoms with E-state index in [1.165, 1.54) is 0 Å². The molecule has 3 nitrogen and oxygen atoms in total. The maximum atomic E-state index is 11.8. The van der Waals surface area contributed by atoms with Gasteiger partial charge in [-0.1, -0.05) is 13.3 Å². The number of hydrogen-bond donors (Lipinski definition) is 1. The third-order valence-corrected chi connectivity index (χ3v) is 2.75. The first-order valence-electron chi connectivity index (χ1n) is 3.80. The zero-order chi connectivity index (χ0) is 10.5. The van der Waals surface area contributed by atoms with Gasteiger partial charge in [-0.05, 0) is 6.42 Å². The van der Waals surface area contributed by atoms with Gasteiger partial charge in [0.15, 0.2) is 0 Å². The average molecular weight is 236 g/mol. The molecule has 0 aliphatic rings. The lowest BCUT2D eigenvalue weighted by atomic mass is 10.2. The summed E-state index contributed by atoms with van der Waals surface area (Å²) in [6, 6.07) is 0. The highest BCUT2D eigenvalue weighted by Crippen LogP contribution is 2.06. The highest BCUT2D eigenvalue weighted by atomic mass is 35.5. The van der Waals surface area contributed by atoms with E-state index < -0.39 is 21.2 Å². The smallest absolute Gasteiger partial charge is 0.209 e. The first-order chi connectivity index (χ1) is 5.90. The Hall–Kier alpha value is 0.0600. The van der Waals surface area contributed by atoms with Crippen LogP contribution in [0.25, 0.3) is 0 Å². The van der Waals surface area contributed by atoms with Gasteiger partial charge in [0, 0.05) is 11.9 Å². The van der Waals surface area contributed by atoms with Crippen molar-refractivity contribution in [1.29, 1.82) is 0 Å². The van der Waals surface area contributed by atoms with E-state index in [1.54, 1.807) is 4.72 Å². The summed E-state index contributed by atoms with van der Waals surface area (Å²) in [6.07, 6.45) is 1.37. The molecule has 0 aromatic heterocycles. The van der Waals surface area contributed by atoms with Gasteiger partial charge in [-0.15, -0.1) is 11.6 Å². The summed E-state index contributed by atoms with van der Waals surface area (Å²) in [7, 11) is -4.48. The van der Waals surface area contributed by atoms with E-state index in [0.717, 1.165) is 6.42 Å². The Kier molecular flexibility index (Phi) is 5.75. The van der Waals surface area contributed by atoms with Crippen molar-refractivity contribution in [3.8, 4) is 0 Å². The van der Waals surface area contributed by atoms with E-state index in [2.05, 4.69) is 0 Å². The zero-order valence-corrected chi connectivity index (χ0v) is 8.71. The van der Waals surface area contributed by atoms with Gasteiger partial charge in [-0.25, -0.2) is 13.1 Å². The third-order valence-electron chi connectivity index (χ3n) is 1.34. The lowest BCUT2D eigenvalue weighted by Gasteiger charge is -2.09. The molecule has 0 spiro atoms. The van der Waals surface area contributed by atoms with Crippen molar-refractivity contribution in [2.45, 2.75) is 30.9 Å². The molecule has 0 aliphatic heterocycles. The van der Waals surface area contributed by atoms with Crippen LogP contribution in [0.1, 0.15) is 19.8 Å². The van der Waals surface area contributed by atoms with E-state index in [0.29, 0.717) is 6.42 Å². The van der Waals surface area contributed by atoms with E-state index in [9.17, 15) is 17.2 Å². The van der Waals surface area contributed by atoms with Crippen LogP contribution in [0.5, 0.6) is 0 Å². The van der Waals surface area contributed by atoms with Crippen LogP contribution in [0.3, 0.4) is 0 Å². The van der Waals surface area contributed by atoms with Gasteiger partial charge in [0.1, 0.15) is 0 Å². The Balaban J connectivity index is 3.89. The molecule has 80 valence electrons. The van der Waals surface area contributed by atoms with Crippen LogP contribution >= 0.6 is 11.6 Å². The van der Waals surface area contributed by atoms with Gasteiger partial charge in [0.05, 0.1) is 0 Å². The normalized spacial score (nSPS) is 14.8. The van der Waals surface area contributed by atoms with E-state index in [4.69, 9.17) is 11.6 Å². The summed E-state index contributed by atoms with van der Waals surface area (Å²) in [6.45, 7) is 1.72. The molecule has 0 aromatic rings. The topological polar surface area (TPSA) is 46.2 Å².